The summed E-state index contributed by atoms with van der Waals surface area (Å²) in [5.74, 6) is 1.61. The Morgan fingerprint density at radius 3 is 2.40 bits per heavy atom. The van der Waals surface area contributed by atoms with Crippen LogP contribution in [0.1, 0.15) is 70.4 Å². The molecular formula is C13H23NO. The summed E-state index contributed by atoms with van der Waals surface area (Å²) < 4.78 is 5.48. The van der Waals surface area contributed by atoms with Crippen molar-refractivity contribution in [2.75, 3.05) is 0 Å². The van der Waals surface area contributed by atoms with Gasteiger partial charge in [-0.2, -0.15) is 0 Å². The molecule has 0 aromatic carbocycles. The van der Waals surface area contributed by atoms with E-state index in [2.05, 4.69) is 39.8 Å². The Morgan fingerprint density at radius 2 is 1.93 bits per heavy atom. The number of rotatable bonds is 3. The van der Waals surface area contributed by atoms with Gasteiger partial charge >= 0.3 is 0 Å². The first-order chi connectivity index (χ1) is 6.88. The lowest BCUT2D eigenvalue weighted by atomic mass is 9.84. The molecule has 0 N–H and O–H groups in total. The third-order valence-electron chi connectivity index (χ3n) is 2.80. The Hall–Kier alpha value is -0.790. The molecule has 0 saturated carbocycles. The van der Waals surface area contributed by atoms with Gasteiger partial charge in [0.15, 0.2) is 0 Å². The monoisotopic (exact) mass is 209 g/mol. The molecular weight excluding hydrogens is 186 g/mol. The summed E-state index contributed by atoms with van der Waals surface area (Å²) in [5, 5.41) is 4.11. The summed E-state index contributed by atoms with van der Waals surface area (Å²) in [6.45, 7) is 13.0. The highest BCUT2D eigenvalue weighted by Crippen LogP contribution is 2.34. The summed E-state index contributed by atoms with van der Waals surface area (Å²) in [6, 6.07) is 0. The first-order valence-electron chi connectivity index (χ1n) is 5.84. The number of hydrogen-bond acceptors (Lipinski definition) is 2. The molecule has 86 valence electrons. The van der Waals surface area contributed by atoms with Crippen LogP contribution in [-0.4, -0.2) is 5.16 Å². The number of hydrogen-bond donors (Lipinski definition) is 0. The quantitative estimate of drug-likeness (QED) is 0.746. The van der Waals surface area contributed by atoms with Crippen LogP contribution in [0.4, 0.5) is 0 Å². The Kier molecular flexibility index (Phi) is 3.58. The van der Waals surface area contributed by atoms with Crippen LogP contribution in [0.25, 0.3) is 0 Å². The van der Waals surface area contributed by atoms with E-state index >= 15 is 0 Å². The number of nitrogens with zero attached hydrogens (tertiary/aromatic N) is 1. The average Bonchev–Trinajstić information content (AvgIpc) is 2.46. The molecule has 0 saturated heterocycles. The van der Waals surface area contributed by atoms with Crippen LogP contribution in [0.15, 0.2) is 4.52 Å². The molecule has 1 atom stereocenters. The van der Waals surface area contributed by atoms with Crippen LogP contribution in [0.2, 0.25) is 0 Å². The fraction of sp³-hybridized carbons (Fsp3) is 0.769. The van der Waals surface area contributed by atoms with Crippen LogP contribution in [0.5, 0.6) is 0 Å². The molecule has 0 aliphatic rings. The second kappa shape index (κ2) is 4.38. The minimum Gasteiger partial charge on any atom is -0.360 e. The van der Waals surface area contributed by atoms with Crippen LogP contribution < -0.4 is 0 Å². The lowest BCUT2D eigenvalue weighted by molar-refractivity contribution is 0.323. The molecule has 0 bridgehead atoms. The molecule has 0 spiro atoms. The predicted octanol–water partition coefficient (Wildman–Crippen LogP) is 4.18. The number of aromatic nitrogens is 1. The SMILES string of the molecule is CCCC(C)c1c(C)noc1C(C)(C)C. The van der Waals surface area contributed by atoms with Crippen molar-refractivity contribution in [3.8, 4) is 0 Å². The number of aryl methyl sites for hydroxylation is 1. The lowest BCUT2D eigenvalue weighted by Crippen LogP contribution is -2.14. The zero-order valence-electron chi connectivity index (χ0n) is 10.8. The third-order valence-corrected chi connectivity index (χ3v) is 2.80. The zero-order valence-corrected chi connectivity index (χ0v) is 10.8. The van der Waals surface area contributed by atoms with Gasteiger partial charge in [0.25, 0.3) is 0 Å². The minimum atomic E-state index is 0.0542. The van der Waals surface area contributed by atoms with Crippen molar-refractivity contribution in [1.29, 1.82) is 0 Å². The molecule has 0 aliphatic carbocycles. The molecule has 1 aromatic heterocycles. The second-order valence-corrected chi connectivity index (χ2v) is 5.45. The van der Waals surface area contributed by atoms with E-state index in [4.69, 9.17) is 4.52 Å². The van der Waals surface area contributed by atoms with Gasteiger partial charge in [-0.25, -0.2) is 0 Å². The van der Waals surface area contributed by atoms with E-state index < -0.39 is 0 Å². The molecule has 2 heteroatoms. The van der Waals surface area contributed by atoms with Crippen molar-refractivity contribution in [1.82, 2.24) is 5.16 Å². The van der Waals surface area contributed by atoms with Gasteiger partial charge in [0.2, 0.25) is 0 Å². The van der Waals surface area contributed by atoms with E-state index in [-0.39, 0.29) is 5.41 Å². The molecule has 15 heavy (non-hydrogen) atoms. The summed E-state index contributed by atoms with van der Waals surface area (Å²) >= 11 is 0. The lowest BCUT2D eigenvalue weighted by Gasteiger charge is -2.19. The van der Waals surface area contributed by atoms with Crippen molar-refractivity contribution in [2.24, 2.45) is 0 Å². The highest BCUT2D eigenvalue weighted by Gasteiger charge is 2.27. The predicted molar refractivity (Wildman–Crippen MR) is 63.3 cm³/mol. The van der Waals surface area contributed by atoms with Gasteiger partial charge in [0, 0.05) is 11.0 Å². The van der Waals surface area contributed by atoms with Crippen molar-refractivity contribution in [3.05, 3.63) is 17.0 Å². The Bertz CT molecular complexity index is 320. The normalized spacial score (nSPS) is 14.3. The minimum absolute atomic E-state index is 0.0542. The van der Waals surface area contributed by atoms with E-state index in [1.54, 1.807) is 0 Å². The highest BCUT2D eigenvalue weighted by molar-refractivity contribution is 5.30. The Labute approximate surface area is 93.0 Å². The molecule has 1 rings (SSSR count). The van der Waals surface area contributed by atoms with E-state index in [9.17, 15) is 0 Å². The largest absolute Gasteiger partial charge is 0.360 e. The molecule has 2 nitrogen and oxygen atoms in total. The average molecular weight is 209 g/mol. The van der Waals surface area contributed by atoms with Gasteiger partial charge < -0.3 is 4.52 Å². The Balaban J connectivity index is 3.10. The van der Waals surface area contributed by atoms with Gasteiger partial charge in [0.05, 0.1) is 5.69 Å². The van der Waals surface area contributed by atoms with E-state index in [1.807, 2.05) is 6.92 Å². The maximum Gasteiger partial charge on any atom is 0.145 e. The van der Waals surface area contributed by atoms with Gasteiger partial charge in [-0.05, 0) is 19.3 Å². The van der Waals surface area contributed by atoms with Gasteiger partial charge in [-0.1, -0.05) is 46.2 Å². The molecule has 1 aromatic rings. The van der Waals surface area contributed by atoms with Crippen LogP contribution >= 0.6 is 0 Å². The molecule has 0 fully saturated rings. The molecule has 0 amide bonds. The maximum absolute atomic E-state index is 5.48. The summed E-state index contributed by atoms with van der Waals surface area (Å²) in [7, 11) is 0. The van der Waals surface area contributed by atoms with E-state index in [1.165, 1.54) is 18.4 Å². The third kappa shape index (κ3) is 2.61. The van der Waals surface area contributed by atoms with Crippen molar-refractivity contribution in [2.45, 2.75) is 65.7 Å². The Morgan fingerprint density at radius 1 is 1.33 bits per heavy atom. The van der Waals surface area contributed by atoms with Crippen LogP contribution in [0.3, 0.4) is 0 Å². The maximum atomic E-state index is 5.48. The summed E-state index contributed by atoms with van der Waals surface area (Å²) in [6.07, 6.45) is 2.40. The van der Waals surface area contributed by atoms with Crippen LogP contribution in [0, 0.1) is 6.92 Å². The summed E-state index contributed by atoms with van der Waals surface area (Å²) in [4.78, 5) is 0. The first kappa shape index (κ1) is 12.3. The second-order valence-electron chi connectivity index (χ2n) is 5.45. The fourth-order valence-corrected chi connectivity index (χ4v) is 2.08. The van der Waals surface area contributed by atoms with Gasteiger partial charge in [0.1, 0.15) is 5.76 Å². The van der Waals surface area contributed by atoms with Gasteiger partial charge in [-0.15, -0.1) is 0 Å². The molecule has 1 heterocycles. The van der Waals surface area contributed by atoms with Crippen LogP contribution in [-0.2, 0) is 5.41 Å². The fourth-order valence-electron chi connectivity index (χ4n) is 2.08. The zero-order chi connectivity index (χ0) is 11.6. The topological polar surface area (TPSA) is 26.0 Å². The van der Waals surface area contributed by atoms with Gasteiger partial charge in [-0.3, -0.25) is 0 Å². The van der Waals surface area contributed by atoms with Crippen molar-refractivity contribution < 1.29 is 4.52 Å². The van der Waals surface area contributed by atoms with Crippen molar-refractivity contribution >= 4 is 0 Å². The molecule has 0 radical (unpaired) electrons. The van der Waals surface area contributed by atoms with Crippen molar-refractivity contribution in [3.63, 3.8) is 0 Å². The first-order valence-corrected chi connectivity index (χ1v) is 5.84. The smallest absolute Gasteiger partial charge is 0.145 e. The molecule has 1 unspecified atom stereocenters. The highest BCUT2D eigenvalue weighted by atomic mass is 16.5. The summed E-state index contributed by atoms with van der Waals surface area (Å²) in [5.41, 5.74) is 2.43. The van der Waals surface area contributed by atoms with E-state index in [0.29, 0.717) is 5.92 Å². The standard InChI is InChI=1S/C13H23NO/c1-7-8-9(2)11-10(3)14-15-12(11)13(4,5)6/h9H,7-8H2,1-6H3. The van der Waals surface area contributed by atoms with E-state index in [0.717, 1.165) is 11.5 Å². The molecule has 0 aliphatic heterocycles.